The largest absolute Gasteiger partial charge is 0.297 e. The average molecular weight is 255 g/mol. The highest BCUT2D eigenvalue weighted by atomic mass is 32.2. The maximum absolute atomic E-state index is 10.7. The molecule has 0 N–H and O–H groups in total. The number of nitrogens with zero attached hydrogens (tertiary/aromatic N) is 1. The van der Waals surface area contributed by atoms with Crippen LogP contribution in [0.3, 0.4) is 0 Å². The summed E-state index contributed by atoms with van der Waals surface area (Å²) in [7, 11) is 0. The number of unbranched alkanes of at least 4 members (excludes halogenated alkanes) is 1. The number of carbonyl (C=O) groups excluding carboxylic acids is 1. The second-order valence-electron chi connectivity index (χ2n) is 4.02. The van der Waals surface area contributed by atoms with Crippen molar-refractivity contribution in [1.29, 1.82) is 0 Å². The minimum absolute atomic E-state index is 0.880. The Bertz CT molecular complexity index is 362. The lowest BCUT2D eigenvalue weighted by Crippen LogP contribution is -2.23. The Hall–Kier alpha value is -0.320. The van der Waals surface area contributed by atoms with Crippen molar-refractivity contribution >= 4 is 29.6 Å². The quantitative estimate of drug-likeness (QED) is 0.457. The van der Waals surface area contributed by atoms with E-state index >= 15 is 0 Å². The summed E-state index contributed by atoms with van der Waals surface area (Å²) in [6, 6.07) is 2.06. The van der Waals surface area contributed by atoms with Gasteiger partial charge in [-0.15, -0.1) is 11.3 Å². The van der Waals surface area contributed by atoms with Crippen molar-refractivity contribution < 1.29 is 4.79 Å². The third-order valence-electron chi connectivity index (χ3n) is 2.75. The van der Waals surface area contributed by atoms with Crippen LogP contribution in [0.15, 0.2) is 6.07 Å². The molecule has 2 nitrogen and oxygen atoms in total. The summed E-state index contributed by atoms with van der Waals surface area (Å²) in [6.45, 7) is 4.36. The van der Waals surface area contributed by atoms with Crippen LogP contribution in [0.4, 0.5) is 0 Å². The molecule has 2 rings (SSSR count). The Kier molecular flexibility index (Phi) is 4.44. The number of hydrogen-bond acceptors (Lipinski definition) is 4. The van der Waals surface area contributed by atoms with Crippen molar-refractivity contribution in [3.63, 3.8) is 0 Å². The average Bonchev–Trinajstić information content (AvgIpc) is 2.71. The summed E-state index contributed by atoms with van der Waals surface area (Å²) < 4.78 is 2.43. The molecule has 88 valence electrons. The van der Waals surface area contributed by atoms with Crippen LogP contribution >= 0.6 is 23.3 Å². The minimum atomic E-state index is 0.880. The Morgan fingerprint density at radius 1 is 1.62 bits per heavy atom. The van der Waals surface area contributed by atoms with Gasteiger partial charge in [0.15, 0.2) is 6.29 Å². The van der Waals surface area contributed by atoms with Crippen molar-refractivity contribution in [3.05, 3.63) is 21.4 Å². The van der Waals surface area contributed by atoms with Gasteiger partial charge in [-0.05, 0) is 24.5 Å². The van der Waals surface area contributed by atoms with Gasteiger partial charge < -0.3 is 0 Å². The van der Waals surface area contributed by atoms with Gasteiger partial charge in [0, 0.05) is 23.7 Å². The Morgan fingerprint density at radius 2 is 2.50 bits per heavy atom. The van der Waals surface area contributed by atoms with Crippen LogP contribution < -0.4 is 0 Å². The van der Waals surface area contributed by atoms with Gasteiger partial charge in [-0.2, -0.15) is 0 Å². The third kappa shape index (κ3) is 2.87. The normalized spacial score (nSPS) is 16.1. The van der Waals surface area contributed by atoms with E-state index in [0.29, 0.717) is 0 Å². The fourth-order valence-electron chi connectivity index (χ4n) is 1.83. The predicted molar refractivity (Wildman–Crippen MR) is 71.2 cm³/mol. The molecule has 0 spiro atoms. The molecule has 0 amide bonds. The van der Waals surface area contributed by atoms with Crippen LogP contribution in [0.2, 0.25) is 0 Å². The number of rotatable bonds is 5. The first-order valence-corrected chi connectivity index (χ1v) is 7.54. The van der Waals surface area contributed by atoms with E-state index in [0.717, 1.165) is 30.7 Å². The predicted octanol–water partition coefficient (Wildman–Crippen LogP) is 3.37. The van der Waals surface area contributed by atoms with Crippen molar-refractivity contribution in [2.45, 2.75) is 32.7 Å². The van der Waals surface area contributed by atoms with E-state index in [2.05, 4.69) is 17.3 Å². The van der Waals surface area contributed by atoms with Crippen LogP contribution in [0.5, 0.6) is 0 Å². The second kappa shape index (κ2) is 5.84. The van der Waals surface area contributed by atoms with Gasteiger partial charge >= 0.3 is 0 Å². The molecular weight excluding hydrogens is 238 g/mol. The Balaban J connectivity index is 1.92. The van der Waals surface area contributed by atoms with E-state index in [1.54, 1.807) is 11.3 Å². The number of hydrogen-bond donors (Lipinski definition) is 0. The van der Waals surface area contributed by atoms with Gasteiger partial charge in [-0.3, -0.25) is 4.79 Å². The molecule has 0 bridgehead atoms. The minimum Gasteiger partial charge on any atom is -0.297 e. The van der Waals surface area contributed by atoms with E-state index in [1.807, 2.05) is 11.9 Å². The zero-order valence-corrected chi connectivity index (χ0v) is 11.2. The van der Waals surface area contributed by atoms with Crippen molar-refractivity contribution in [2.75, 3.05) is 12.3 Å². The summed E-state index contributed by atoms with van der Waals surface area (Å²) in [5.74, 6) is 1.22. The van der Waals surface area contributed by atoms with E-state index < -0.39 is 0 Å². The summed E-state index contributed by atoms with van der Waals surface area (Å²) in [4.78, 5) is 13.0. The zero-order valence-electron chi connectivity index (χ0n) is 9.57. The first-order chi connectivity index (χ1) is 7.83. The maximum Gasteiger partial charge on any atom is 0.160 e. The van der Waals surface area contributed by atoms with Crippen LogP contribution in [0.1, 0.15) is 39.9 Å². The van der Waals surface area contributed by atoms with Gasteiger partial charge in [0.2, 0.25) is 0 Å². The molecule has 0 radical (unpaired) electrons. The number of carbonyl (C=O) groups is 1. The van der Waals surface area contributed by atoms with E-state index in [9.17, 15) is 4.79 Å². The molecule has 1 aliphatic rings. The Labute approximate surface area is 105 Å². The first kappa shape index (κ1) is 12.1. The first-order valence-electron chi connectivity index (χ1n) is 5.78. The van der Waals surface area contributed by atoms with E-state index in [1.165, 1.54) is 29.0 Å². The molecule has 0 saturated carbocycles. The summed E-state index contributed by atoms with van der Waals surface area (Å²) in [5.41, 5.74) is 1.39. The van der Waals surface area contributed by atoms with Crippen LogP contribution in [0.25, 0.3) is 0 Å². The molecule has 4 heteroatoms. The van der Waals surface area contributed by atoms with Gasteiger partial charge in [0.05, 0.1) is 4.88 Å². The van der Waals surface area contributed by atoms with Gasteiger partial charge in [0.25, 0.3) is 0 Å². The fourth-order valence-corrected chi connectivity index (χ4v) is 4.07. The van der Waals surface area contributed by atoms with Crippen molar-refractivity contribution in [1.82, 2.24) is 4.31 Å². The van der Waals surface area contributed by atoms with Crippen LogP contribution in [-0.4, -0.2) is 22.9 Å². The number of thiophene rings is 1. The molecule has 2 heterocycles. The molecule has 0 saturated heterocycles. The lowest BCUT2D eigenvalue weighted by Gasteiger charge is -2.25. The molecule has 1 aromatic heterocycles. The van der Waals surface area contributed by atoms with Crippen LogP contribution in [-0.2, 0) is 13.0 Å². The standard InChI is InChI=1S/C12H17NOS2/c1-2-3-6-15-13-5-4-10-7-11(9-14)16-12(10)8-13/h7,9H,2-6,8H2,1H3. The second-order valence-corrected chi connectivity index (χ2v) is 6.37. The topological polar surface area (TPSA) is 20.3 Å². The zero-order chi connectivity index (χ0) is 11.4. The van der Waals surface area contributed by atoms with Crippen molar-refractivity contribution in [3.8, 4) is 0 Å². The number of aldehydes is 1. The molecule has 0 fully saturated rings. The molecule has 0 aliphatic carbocycles. The highest BCUT2D eigenvalue weighted by Crippen LogP contribution is 2.30. The van der Waals surface area contributed by atoms with Crippen LogP contribution in [0, 0.1) is 0 Å². The monoisotopic (exact) mass is 255 g/mol. The van der Waals surface area contributed by atoms with E-state index in [-0.39, 0.29) is 0 Å². The maximum atomic E-state index is 10.7. The fraction of sp³-hybridized carbons (Fsp3) is 0.583. The summed E-state index contributed by atoms with van der Waals surface area (Å²) in [5, 5.41) is 0. The lowest BCUT2D eigenvalue weighted by molar-refractivity contribution is 0.112. The van der Waals surface area contributed by atoms with Gasteiger partial charge in [0.1, 0.15) is 0 Å². The summed E-state index contributed by atoms with van der Waals surface area (Å²) in [6.07, 6.45) is 4.62. The third-order valence-corrected chi connectivity index (χ3v) is 4.99. The highest BCUT2D eigenvalue weighted by molar-refractivity contribution is 7.96. The van der Waals surface area contributed by atoms with E-state index in [4.69, 9.17) is 0 Å². The van der Waals surface area contributed by atoms with Gasteiger partial charge in [-0.1, -0.05) is 25.3 Å². The van der Waals surface area contributed by atoms with Gasteiger partial charge in [-0.25, -0.2) is 4.31 Å². The summed E-state index contributed by atoms with van der Waals surface area (Å²) >= 11 is 3.61. The van der Waals surface area contributed by atoms with Crippen molar-refractivity contribution in [2.24, 2.45) is 0 Å². The molecule has 1 aliphatic heterocycles. The molecule has 0 aromatic carbocycles. The lowest BCUT2D eigenvalue weighted by atomic mass is 10.1. The Morgan fingerprint density at radius 3 is 3.25 bits per heavy atom. The SMILES string of the molecule is CCCCSN1CCc2cc(C=O)sc2C1. The number of fused-ring (bicyclic) bond motifs is 1. The molecule has 0 atom stereocenters. The molecule has 16 heavy (non-hydrogen) atoms. The molecular formula is C12H17NOS2. The molecule has 0 unspecified atom stereocenters. The highest BCUT2D eigenvalue weighted by Gasteiger charge is 2.18. The smallest absolute Gasteiger partial charge is 0.160 e. The molecule has 1 aromatic rings.